The SMILES string of the molecule is CC(C)NC(=O)c1ccc(N2CCCC2)c([N+](=O)[O-])c1. The number of hydrogen-bond donors (Lipinski definition) is 1. The van der Waals surface area contributed by atoms with Crippen molar-refractivity contribution in [1.82, 2.24) is 5.32 Å². The van der Waals surface area contributed by atoms with E-state index in [1.165, 1.54) is 6.07 Å². The predicted octanol–water partition coefficient (Wildman–Crippen LogP) is 2.33. The first-order valence-electron chi connectivity index (χ1n) is 6.83. The number of rotatable bonds is 4. The highest BCUT2D eigenvalue weighted by Gasteiger charge is 2.23. The minimum atomic E-state index is -0.417. The molecular formula is C14H19N3O3. The molecule has 0 aliphatic carbocycles. The molecule has 1 heterocycles. The van der Waals surface area contributed by atoms with Gasteiger partial charge in [0.15, 0.2) is 0 Å². The molecule has 0 spiro atoms. The van der Waals surface area contributed by atoms with Crippen molar-refractivity contribution in [3.8, 4) is 0 Å². The van der Waals surface area contributed by atoms with Crippen molar-refractivity contribution in [1.29, 1.82) is 0 Å². The van der Waals surface area contributed by atoms with Crippen LogP contribution in [0.15, 0.2) is 18.2 Å². The minimum absolute atomic E-state index is 0.000172. The Balaban J connectivity index is 2.32. The van der Waals surface area contributed by atoms with Gasteiger partial charge in [-0.15, -0.1) is 0 Å². The molecule has 6 nitrogen and oxygen atoms in total. The smallest absolute Gasteiger partial charge is 0.293 e. The van der Waals surface area contributed by atoms with Crippen LogP contribution in [0.5, 0.6) is 0 Å². The molecule has 0 saturated carbocycles. The number of nitrogens with zero attached hydrogens (tertiary/aromatic N) is 2. The highest BCUT2D eigenvalue weighted by molar-refractivity contribution is 5.96. The van der Waals surface area contributed by atoms with E-state index in [-0.39, 0.29) is 17.6 Å². The maximum atomic E-state index is 11.9. The predicted molar refractivity (Wildman–Crippen MR) is 77.1 cm³/mol. The number of nitro groups is 1. The largest absolute Gasteiger partial charge is 0.366 e. The van der Waals surface area contributed by atoms with Gasteiger partial charge in [-0.1, -0.05) is 0 Å². The van der Waals surface area contributed by atoms with Crippen molar-refractivity contribution in [2.75, 3.05) is 18.0 Å². The van der Waals surface area contributed by atoms with Crippen molar-refractivity contribution < 1.29 is 9.72 Å². The number of nitro benzene ring substituents is 1. The molecule has 0 radical (unpaired) electrons. The van der Waals surface area contributed by atoms with E-state index in [9.17, 15) is 14.9 Å². The lowest BCUT2D eigenvalue weighted by atomic mass is 10.1. The third kappa shape index (κ3) is 3.07. The van der Waals surface area contributed by atoms with Crippen LogP contribution in [-0.2, 0) is 0 Å². The van der Waals surface area contributed by atoms with Crippen molar-refractivity contribution in [2.24, 2.45) is 0 Å². The van der Waals surface area contributed by atoms with Gasteiger partial charge in [0, 0.05) is 30.8 Å². The molecule has 1 aromatic carbocycles. The molecule has 1 fully saturated rings. The first kappa shape index (κ1) is 14.3. The van der Waals surface area contributed by atoms with Gasteiger partial charge in [-0.05, 0) is 38.8 Å². The van der Waals surface area contributed by atoms with Crippen LogP contribution in [0.4, 0.5) is 11.4 Å². The Morgan fingerprint density at radius 3 is 2.55 bits per heavy atom. The van der Waals surface area contributed by atoms with E-state index in [2.05, 4.69) is 5.32 Å². The van der Waals surface area contributed by atoms with Crippen molar-refractivity contribution in [2.45, 2.75) is 32.7 Å². The Hall–Kier alpha value is -2.11. The lowest BCUT2D eigenvalue weighted by Gasteiger charge is -2.18. The second-order valence-electron chi connectivity index (χ2n) is 5.28. The number of carbonyl (C=O) groups excluding carboxylic acids is 1. The van der Waals surface area contributed by atoms with Gasteiger partial charge in [0.2, 0.25) is 0 Å². The summed E-state index contributed by atoms with van der Waals surface area (Å²) in [5.41, 5.74) is 0.935. The number of amides is 1. The second kappa shape index (κ2) is 5.90. The number of carbonyl (C=O) groups is 1. The summed E-state index contributed by atoms with van der Waals surface area (Å²) in [6.45, 7) is 5.37. The van der Waals surface area contributed by atoms with Gasteiger partial charge in [-0.2, -0.15) is 0 Å². The zero-order chi connectivity index (χ0) is 14.7. The molecule has 6 heteroatoms. The Kier molecular flexibility index (Phi) is 4.22. The molecule has 0 unspecified atom stereocenters. The summed E-state index contributed by atoms with van der Waals surface area (Å²) in [4.78, 5) is 24.7. The molecule has 0 bridgehead atoms. The topological polar surface area (TPSA) is 75.5 Å². The van der Waals surface area contributed by atoms with Gasteiger partial charge in [0.05, 0.1) is 4.92 Å². The Labute approximate surface area is 117 Å². The zero-order valence-corrected chi connectivity index (χ0v) is 11.8. The van der Waals surface area contributed by atoms with Crippen LogP contribution in [0.2, 0.25) is 0 Å². The monoisotopic (exact) mass is 277 g/mol. The average molecular weight is 277 g/mol. The fraction of sp³-hybridized carbons (Fsp3) is 0.500. The lowest BCUT2D eigenvalue weighted by Crippen LogP contribution is -2.30. The molecule has 1 aromatic rings. The fourth-order valence-electron chi connectivity index (χ4n) is 2.38. The molecule has 0 aromatic heterocycles. The summed E-state index contributed by atoms with van der Waals surface area (Å²) < 4.78 is 0. The molecule has 1 aliphatic rings. The summed E-state index contributed by atoms with van der Waals surface area (Å²) in [6.07, 6.45) is 2.10. The Morgan fingerprint density at radius 2 is 2.00 bits per heavy atom. The number of benzene rings is 1. The van der Waals surface area contributed by atoms with Crippen LogP contribution >= 0.6 is 0 Å². The van der Waals surface area contributed by atoms with Crippen LogP contribution in [0.1, 0.15) is 37.0 Å². The van der Waals surface area contributed by atoms with Crippen LogP contribution in [-0.4, -0.2) is 30.0 Å². The van der Waals surface area contributed by atoms with Gasteiger partial charge in [0.25, 0.3) is 11.6 Å². The second-order valence-corrected chi connectivity index (χ2v) is 5.28. The van der Waals surface area contributed by atoms with Gasteiger partial charge < -0.3 is 10.2 Å². The maximum Gasteiger partial charge on any atom is 0.293 e. The molecule has 1 N–H and O–H groups in total. The molecule has 108 valence electrons. The quantitative estimate of drug-likeness (QED) is 0.677. The first-order valence-corrected chi connectivity index (χ1v) is 6.83. The van der Waals surface area contributed by atoms with E-state index < -0.39 is 4.92 Å². The van der Waals surface area contributed by atoms with Gasteiger partial charge in [0.1, 0.15) is 5.69 Å². The summed E-state index contributed by atoms with van der Waals surface area (Å²) in [7, 11) is 0. The molecule has 1 saturated heterocycles. The van der Waals surface area contributed by atoms with E-state index in [4.69, 9.17) is 0 Å². The molecule has 20 heavy (non-hydrogen) atoms. The van der Waals surface area contributed by atoms with E-state index in [0.717, 1.165) is 25.9 Å². The van der Waals surface area contributed by atoms with Crippen molar-refractivity contribution in [3.63, 3.8) is 0 Å². The van der Waals surface area contributed by atoms with E-state index >= 15 is 0 Å². The van der Waals surface area contributed by atoms with Crippen LogP contribution < -0.4 is 10.2 Å². The third-order valence-electron chi connectivity index (χ3n) is 3.30. The Morgan fingerprint density at radius 1 is 1.35 bits per heavy atom. The van der Waals surface area contributed by atoms with Crippen molar-refractivity contribution in [3.05, 3.63) is 33.9 Å². The summed E-state index contributed by atoms with van der Waals surface area (Å²) >= 11 is 0. The van der Waals surface area contributed by atoms with E-state index in [1.807, 2.05) is 18.7 Å². The fourth-order valence-corrected chi connectivity index (χ4v) is 2.38. The van der Waals surface area contributed by atoms with E-state index in [1.54, 1.807) is 12.1 Å². The van der Waals surface area contributed by atoms with Gasteiger partial charge >= 0.3 is 0 Å². The lowest BCUT2D eigenvalue weighted by molar-refractivity contribution is -0.384. The highest BCUT2D eigenvalue weighted by atomic mass is 16.6. The van der Waals surface area contributed by atoms with Crippen molar-refractivity contribution >= 4 is 17.3 Å². The standard InChI is InChI=1S/C14H19N3O3/c1-10(2)15-14(18)11-5-6-12(13(9-11)17(19)20)16-7-3-4-8-16/h5-6,9-10H,3-4,7-8H2,1-2H3,(H,15,18). The third-order valence-corrected chi connectivity index (χ3v) is 3.30. The van der Waals surface area contributed by atoms with Gasteiger partial charge in [-0.25, -0.2) is 0 Å². The van der Waals surface area contributed by atoms with Gasteiger partial charge in [-0.3, -0.25) is 14.9 Å². The first-order chi connectivity index (χ1) is 9.49. The highest BCUT2D eigenvalue weighted by Crippen LogP contribution is 2.31. The minimum Gasteiger partial charge on any atom is -0.366 e. The van der Waals surface area contributed by atoms with Crippen LogP contribution in [0, 0.1) is 10.1 Å². The summed E-state index contributed by atoms with van der Waals surface area (Å²) in [6, 6.07) is 4.70. The van der Waals surface area contributed by atoms with Crippen LogP contribution in [0.3, 0.4) is 0 Å². The number of nitrogens with one attached hydrogen (secondary N) is 1. The summed E-state index contributed by atoms with van der Waals surface area (Å²) in [5.74, 6) is -0.281. The molecular weight excluding hydrogens is 258 g/mol. The van der Waals surface area contributed by atoms with E-state index in [0.29, 0.717) is 11.3 Å². The molecule has 0 atom stereocenters. The zero-order valence-electron chi connectivity index (χ0n) is 11.8. The summed E-state index contributed by atoms with van der Waals surface area (Å²) in [5, 5.41) is 14.0. The molecule has 1 aliphatic heterocycles. The molecule has 2 rings (SSSR count). The van der Waals surface area contributed by atoms with Crippen LogP contribution in [0.25, 0.3) is 0 Å². The normalized spacial score (nSPS) is 14.7. The Bertz CT molecular complexity index is 522. The molecule has 1 amide bonds. The number of hydrogen-bond acceptors (Lipinski definition) is 4. The average Bonchev–Trinajstić information content (AvgIpc) is 2.90. The number of anilines is 1. The maximum absolute atomic E-state index is 11.9.